The Morgan fingerprint density at radius 3 is 2.71 bits per heavy atom. The Hall–Kier alpha value is -2.66. The minimum absolute atomic E-state index is 0.00817. The Labute approximate surface area is 140 Å². The van der Waals surface area contributed by atoms with Gasteiger partial charge in [0.1, 0.15) is 0 Å². The molecule has 1 amide bonds. The number of hydrogen-bond donors (Lipinski definition) is 1. The van der Waals surface area contributed by atoms with E-state index < -0.39 is 0 Å². The number of aliphatic hydroxyl groups is 1. The van der Waals surface area contributed by atoms with Crippen LogP contribution in [0.25, 0.3) is 11.0 Å². The lowest BCUT2D eigenvalue weighted by Gasteiger charge is -2.15. The van der Waals surface area contributed by atoms with Crippen LogP contribution in [0.15, 0.2) is 54.9 Å². The average molecular weight is 321 g/mol. The Kier molecular flexibility index (Phi) is 3.78. The van der Waals surface area contributed by atoms with Crippen molar-refractivity contribution < 1.29 is 9.90 Å². The van der Waals surface area contributed by atoms with Gasteiger partial charge in [-0.2, -0.15) is 0 Å². The Morgan fingerprint density at radius 1 is 1.17 bits per heavy atom. The molecular weight excluding hydrogens is 302 g/mol. The number of carbonyl (C=O) groups excluding carboxylic acids is 1. The van der Waals surface area contributed by atoms with Gasteiger partial charge in [0.05, 0.1) is 23.5 Å². The lowest BCUT2D eigenvalue weighted by Crippen LogP contribution is -2.29. The van der Waals surface area contributed by atoms with Crippen LogP contribution >= 0.6 is 0 Å². The van der Waals surface area contributed by atoms with E-state index >= 15 is 0 Å². The third-order valence-corrected chi connectivity index (χ3v) is 4.53. The van der Waals surface area contributed by atoms with Crippen molar-refractivity contribution in [2.24, 2.45) is 0 Å². The van der Waals surface area contributed by atoms with Crippen molar-refractivity contribution in [1.29, 1.82) is 0 Å². The molecule has 1 aromatic heterocycles. The highest BCUT2D eigenvalue weighted by molar-refractivity contribution is 5.94. The van der Waals surface area contributed by atoms with Crippen molar-refractivity contribution >= 4 is 16.9 Å². The summed E-state index contributed by atoms with van der Waals surface area (Å²) in [5.41, 5.74) is 3.88. The minimum Gasteiger partial charge on any atom is -0.391 e. The highest BCUT2D eigenvalue weighted by Gasteiger charge is 2.25. The van der Waals surface area contributed by atoms with Gasteiger partial charge in [0.25, 0.3) is 5.91 Å². The maximum atomic E-state index is 12.4. The number of nitrogens with zero attached hydrogens (tertiary/aromatic N) is 3. The van der Waals surface area contributed by atoms with Gasteiger partial charge in [-0.1, -0.05) is 24.3 Å². The number of aliphatic hydroxyl groups excluding tert-OH is 1. The number of amides is 1. The monoisotopic (exact) mass is 321 g/mol. The van der Waals surface area contributed by atoms with Crippen LogP contribution in [0.3, 0.4) is 0 Å². The number of para-hydroxylation sites is 2. The molecule has 0 saturated carbocycles. The van der Waals surface area contributed by atoms with Crippen LogP contribution in [0.2, 0.25) is 0 Å². The fourth-order valence-electron chi connectivity index (χ4n) is 3.19. The lowest BCUT2D eigenvalue weighted by molar-refractivity contribution is 0.0765. The van der Waals surface area contributed by atoms with Crippen LogP contribution in [-0.2, 0) is 6.54 Å². The van der Waals surface area contributed by atoms with Crippen LogP contribution in [-0.4, -0.2) is 44.7 Å². The molecule has 1 fully saturated rings. The molecule has 2 heterocycles. The molecule has 1 aliphatic rings. The van der Waals surface area contributed by atoms with Crippen LogP contribution in [0.4, 0.5) is 0 Å². The van der Waals surface area contributed by atoms with E-state index in [2.05, 4.69) is 15.6 Å². The predicted octanol–water partition coefficient (Wildman–Crippen LogP) is 2.29. The van der Waals surface area contributed by atoms with Crippen molar-refractivity contribution in [3.05, 3.63) is 66.0 Å². The molecule has 1 N–H and O–H groups in total. The first-order valence-electron chi connectivity index (χ1n) is 8.17. The summed E-state index contributed by atoms with van der Waals surface area (Å²) >= 11 is 0. The van der Waals surface area contributed by atoms with Crippen molar-refractivity contribution in [2.45, 2.75) is 19.1 Å². The number of carbonyl (C=O) groups is 1. The molecule has 5 heteroatoms. The fraction of sp³-hybridized carbons (Fsp3) is 0.263. The molecule has 5 nitrogen and oxygen atoms in total. The Balaban J connectivity index is 1.50. The molecule has 1 aliphatic heterocycles. The van der Waals surface area contributed by atoms with E-state index in [0.29, 0.717) is 25.1 Å². The summed E-state index contributed by atoms with van der Waals surface area (Å²) in [6.07, 6.45) is 2.12. The van der Waals surface area contributed by atoms with Gasteiger partial charge < -0.3 is 14.6 Å². The number of β-amino-alcohol motifs (C(OH)–C–C–N with tert-alkyl or cyclic N) is 1. The third kappa shape index (κ3) is 2.78. The van der Waals surface area contributed by atoms with E-state index in [0.717, 1.165) is 23.1 Å². The van der Waals surface area contributed by atoms with Gasteiger partial charge in [0.15, 0.2) is 0 Å². The van der Waals surface area contributed by atoms with Gasteiger partial charge in [-0.25, -0.2) is 4.98 Å². The SMILES string of the molecule is O=C(c1ccc(Cn2cnc3ccccc32)cc1)N1CCC(O)C1. The standard InChI is InChI=1S/C19H19N3O2/c23-16-9-10-21(12-16)19(24)15-7-5-14(6-8-15)11-22-13-20-17-3-1-2-4-18(17)22/h1-8,13,16,23H,9-12H2. The second-order valence-corrected chi connectivity index (χ2v) is 6.25. The molecular formula is C19H19N3O2. The summed E-state index contributed by atoms with van der Waals surface area (Å²) in [7, 11) is 0. The lowest BCUT2D eigenvalue weighted by atomic mass is 10.1. The van der Waals surface area contributed by atoms with E-state index in [1.165, 1.54) is 0 Å². The first-order valence-corrected chi connectivity index (χ1v) is 8.17. The van der Waals surface area contributed by atoms with Gasteiger partial charge in [0.2, 0.25) is 0 Å². The summed E-state index contributed by atoms with van der Waals surface area (Å²) < 4.78 is 2.10. The van der Waals surface area contributed by atoms with E-state index in [1.54, 1.807) is 4.90 Å². The first kappa shape index (κ1) is 14.9. The van der Waals surface area contributed by atoms with Gasteiger partial charge in [0, 0.05) is 25.2 Å². The molecule has 1 unspecified atom stereocenters. The van der Waals surface area contributed by atoms with Crippen LogP contribution in [0, 0.1) is 0 Å². The summed E-state index contributed by atoms with van der Waals surface area (Å²) in [5.74, 6) is -0.00817. The first-order chi connectivity index (χ1) is 11.7. The molecule has 1 saturated heterocycles. The third-order valence-electron chi connectivity index (χ3n) is 4.53. The zero-order valence-electron chi connectivity index (χ0n) is 13.3. The number of benzene rings is 2. The van der Waals surface area contributed by atoms with Gasteiger partial charge in [-0.15, -0.1) is 0 Å². The number of fused-ring (bicyclic) bond motifs is 1. The normalized spacial score (nSPS) is 17.5. The minimum atomic E-state index is -0.386. The van der Waals surface area contributed by atoms with Crippen molar-refractivity contribution in [2.75, 3.05) is 13.1 Å². The number of likely N-dealkylation sites (tertiary alicyclic amines) is 1. The highest BCUT2D eigenvalue weighted by atomic mass is 16.3. The second kappa shape index (κ2) is 6.09. The molecule has 4 rings (SSSR count). The van der Waals surface area contributed by atoms with E-state index in [-0.39, 0.29) is 12.0 Å². The maximum absolute atomic E-state index is 12.4. The molecule has 3 aromatic rings. The molecule has 1 atom stereocenters. The summed E-state index contributed by atoms with van der Waals surface area (Å²) in [4.78, 5) is 18.5. The smallest absolute Gasteiger partial charge is 0.253 e. The van der Waals surface area contributed by atoms with Gasteiger partial charge >= 0.3 is 0 Å². The summed E-state index contributed by atoms with van der Waals surface area (Å²) in [6.45, 7) is 1.78. The molecule has 0 aliphatic carbocycles. The number of hydrogen-bond acceptors (Lipinski definition) is 3. The molecule has 0 bridgehead atoms. The van der Waals surface area contributed by atoms with E-state index in [1.807, 2.05) is 48.8 Å². The molecule has 2 aromatic carbocycles. The molecule has 24 heavy (non-hydrogen) atoms. The number of rotatable bonds is 3. The molecule has 122 valence electrons. The largest absolute Gasteiger partial charge is 0.391 e. The predicted molar refractivity (Wildman–Crippen MR) is 91.8 cm³/mol. The quantitative estimate of drug-likeness (QED) is 0.805. The summed E-state index contributed by atoms with van der Waals surface area (Å²) in [6, 6.07) is 15.7. The van der Waals surface area contributed by atoms with E-state index in [9.17, 15) is 9.90 Å². The average Bonchev–Trinajstić information content (AvgIpc) is 3.22. The van der Waals surface area contributed by atoms with E-state index in [4.69, 9.17) is 0 Å². The number of aromatic nitrogens is 2. The number of imidazole rings is 1. The zero-order valence-corrected chi connectivity index (χ0v) is 13.3. The highest BCUT2D eigenvalue weighted by Crippen LogP contribution is 2.17. The van der Waals surface area contributed by atoms with Crippen molar-refractivity contribution in [3.63, 3.8) is 0 Å². The van der Waals surface area contributed by atoms with Gasteiger partial charge in [-0.3, -0.25) is 4.79 Å². The van der Waals surface area contributed by atoms with Crippen LogP contribution < -0.4 is 0 Å². The Morgan fingerprint density at radius 2 is 1.96 bits per heavy atom. The van der Waals surface area contributed by atoms with Gasteiger partial charge in [-0.05, 0) is 36.2 Å². The van der Waals surface area contributed by atoms with Crippen molar-refractivity contribution in [1.82, 2.24) is 14.5 Å². The Bertz CT molecular complexity index is 870. The van der Waals surface area contributed by atoms with Crippen LogP contribution in [0.5, 0.6) is 0 Å². The van der Waals surface area contributed by atoms with Crippen molar-refractivity contribution in [3.8, 4) is 0 Å². The molecule has 0 spiro atoms. The maximum Gasteiger partial charge on any atom is 0.253 e. The second-order valence-electron chi connectivity index (χ2n) is 6.25. The zero-order chi connectivity index (χ0) is 16.5. The summed E-state index contributed by atoms with van der Waals surface area (Å²) in [5, 5.41) is 9.57. The van der Waals surface area contributed by atoms with Crippen LogP contribution in [0.1, 0.15) is 22.3 Å². The topological polar surface area (TPSA) is 58.4 Å². The fourth-order valence-corrected chi connectivity index (χ4v) is 3.19. The molecule has 0 radical (unpaired) electrons.